The summed E-state index contributed by atoms with van der Waals surface area (Å²) in [6.07, 6.45) is 2.29. The SMILES string of the molecule is CN[C@@H](C)C(=O)N[C@H](C(=O)N1CCC[C@H]1C(=O)Nc1cc2c(NC(=O)Nc3ccccc3F)ncnc2cc1OC)C(C)(C)C.Cl. The van der Waals surface area contributed by atoms with E-state index >= 15 is 0 Å². The summed E-state index contributed by atoms with van der Waals surface area (Å²) in [7, 11) is 3.10. The van der Waals surface area contributed by atoms with Gasteiger partial charge in [-0.15, -0.1) is 12.4 Å². The number of fused-ring (bicyclic) bond motifs is 1. The molecule has 2 aromatic carbocycles. The fourth-order valence-corrected chi connectivity index (χ4v) is 5.01. The topological polar surface area (TPSA) is 167 Å². The van der Waals surface area contributed by atoms with Crippen molar-refractivity contribution in [2.45, 2.75) is 58.7 Å². The number of nitrogens with one attached hydrogen (secondary N) is 5. The van der Waals surface area contributed by atoms with E-state index in [2.05, 4.69) is 36.6 Å². The number of halogens is 2. The Balaban J connectivity index is 0.00000576. The number of rotatable bonds is 9. The number of carbonyl (C=O) groups excluding carboxylic acids is 4. The first-order valence-electron chi connectivity index (χ1n) is 14.6. The van der Waals surface area contributed by atoms with Crippen LogP contribution >= 0.6 is 12.4 Å². The van der Waals surface area contributed by atoms with Gasteiger partial charge in [-0.3, -0.25) is 19.7 Å². The molecule has 13 nitrogen and oxygen atoms in total. The van der Waals surface area contributed by atoms with E-state index in [0.29, 0.717) is 36.0 Å². The van der Waals surface area contributed by atoms with E-state index in [-0.39, 0.29) is 41.4 Å². The van der Waals surface area contributed by atoms with Gasteiger partial charge in [-0.05, 0) is 50.4 Å². The third-order valence-electron chi connectivity index (χ3n) is 7.63. The van der Waals surface area contributed by atoms with Crippen LogP contribution in [-0.4, -0.2) is 77.4 Å². The number of likely N-dealkylation sites (tertiary alicyclic amines) is 1. The van der Waals surface area contributed by atoms with Crippen molar-refractivity contribution in [2.24, 2.45) is 5.41 Å². The molecular formula is C31H40ClFN8O5. The Morgan fingerprint density at radius 1 is 1.04 bits per heavy atom. The number of nitrogens with zero attached hydrogens (tertiary/aromatic N) is 3. The molecule has 5 amide bonds. The van der Waals surface area contributed by atoms with Gasteiger partial charge in [0.05, 0.1) is 30.0 Å². The van der Waals surface area contributed by atoms with Gasteiger partial charge < -0.3 is 30.9 Å². The highest BCUT2D eigenvalue weighted by atomic mass is 35.5. The standard InChI is InChI=1S/C31H39FN8O5.ClH/c1-17(33-5)27(41)38-25(31(2,3)4)29(43)40-13-9-12-23(40)28(42)36-22-14-18-21(15-24(22)45-6)34-16-35-26(18)39-30(44)37-20-11-8-7-10-19(20)32;/h7-8,10-11,14-17,23,25,33H,9,12-13H2,1-6H3,(H,36,42)(H,38,41)(H2,34,35,37,39,44);1H/t17-,23-,25+;/m0./s1. The molecule has 248 valence electrons. The van der Waals surface area contributed by atoms with Crippen molar-refractivity contribution in [3.63, 3.8) is 0 Å². The lowest BCUT2D eigenvalue weighted by molar-refractivity contribution is -0.143. The number of carbonyl (C=O) groups is 4. The second-order valence-electron chi connectivity index (χ2n) is 11.8. The molecule has 1 fully saturated rings. The fraction of sp³-hybridized carbons (Fsp3) is 0.419. The van der Waals surface area contributed by atoms with Crippen LogP contribution in [0.3, 0.4) is 0 Å². The summed E-state index contributed by atoms with van der Waals surface area (Å²) in [4.78, 5) is 62.8. The van der Waals surface area contributed by atoms with Crippen molar-refractivity contribution in [2.75, 3.05) is 36.7 Å². The largest absolute Gasteiger partial charge is 0.494 e. The summed E-state index contributed by atoms with van der Waals surface area (Å²) in [5, 5.41) is 14.0. The maximum atomic E-state index is 14.0. The van der Waals surface area contributed by atoms with Gasteiger partial charge in [0.1, 0.15) is 35.8 Å². The molecule has 1 aliphatic rings. The number of methoxy groups -OCH3 is 1. The predicted molar refractivity (Wildman–Crippen MR) is 176 cm³/mol. The lowest BCUT2D eigenvalue weighted by atomic mass is 9.85. The number of para-hydroxylation sites is 1. The molecule has 15 heteroatoms. The highest BCUT2D eigenvalue weighted by molar-refractivity contribution is 6.07. The number of amides is 5. The quantitative estimate of drug-likeness (QED) is 0.231. The van der Waals surface area contributed by atoms with Crippen molar-refractivity contribution >= 4 is 64.3 Å². The van der Waals surface area contributed by atoms with E-state index < -0.39 is 41.3 Å². The average molecular weight is 659 g/mol. The Hall–Kier alpha value is -4.56. The molecule has 0 unspecified atom stereocenters. The summed E-state index contributed by atoms with van der Waals surface area (Å²) in [6, 6.07) is 5.99. The molecule has 1 aromatic heterocycles. The van der Waals surface area contributed by atoms with Gasteiger partial charge in [0, 0.05) is 18.0 Å². The van der Waals surface area contributed by atoms with E-state index in [1.165, 1.54) is 36.5 Å². The molecule has 0 spiro atoms. The molecule has 1 aliphatic heterocycles. The average Bonchev–Trinajstić information content (AvgIpc) is 3.50. The van der Waals surface area contributed by atoms with Crippen LogP contribution in [0.15, 0.2) is 42.7 Å². The van der Waals surface area contributed by atoms with Gasteiger partial charge in [0.2, 0.25) is 17.7 Å². The van der Waals surface area contributed by atoms with E-state index in [0.717, 1.165) is 0 Å². The Morgan fingerprint density at radius 3 is 2.41 bits per heavy atom. The maximum Gasteiger partial charge on any atom is 0.324 e. The third kappa shape index (κ3) is 8.17. The van der Waals surface area contributed by atoms with Gasteiger partial charge in [0.15, 0.2) is 0 Å². The Kier molecular flexibility index (Phi) is 11.8. The lowest BCUT2D eigenvalue weighted by Crippen LogP contribution is -2.59. The molecule has 1 saturated heterocycles. The molecule has 4 rings (SSSR count). The van der Waals surface area contributed by atoms with E-state index in [9.17, 15) is 23.6 Å². The van der Waals surface area contributed by atoms with E-state index in [1.54, 1.807) is 32.2 Å². The third-order valence-corrected chi connectivity index (χ3v) is 7.63. The summed E-state index contributed by atoms with van der Waals surface area (Å²) in [5.74, 6) is -1.29. The van der Waals surface area contributed by atoms with Crippen LogP contribution in [-0.2, 0) is 14.4 Å². The number of anilines is 3. The van der Waals surface area contributed by atoms with Crippen LogP contribution in [0.5, 0.6) is 5.75 Å². The molecular weight excluding hydrogens is 619 g/mol. The van der Waals surface area contributed by atoms with Crippen LogP contribution in [0.4, 0.5) is 26.4 Å². The van der Waals surface area contributed by atoms with Crippen LogP contribution < -0.4 is 31.3 Å². The number of urea groups is 1. The molecule has 0 radical (unpaired) electrons. The Bertz CT molecular complexity index is 1600. The van der Waals surface area contributed by atoms with Crippen LogP contribution in [0, 0.1) is 11.2 Å². The second-order valence-corrected chi connectivity index (χ2v) is 11.8. The van der Waals surface area contributed by atoms with Gasteiger partial charge in [-0.2, -0.15) is 0 Å². The molecule has 0 bridgehead atoms. The highest BCUT2D eigenvalue weighted by Gasteiger charge is 2.42. The van der Waals surface area contributed by atoms with Gasteiger partial charge in [-0.25, -0.2) is 19.2 Å². The summed E-state index contributed by atoms with van der Waals surface area (Å²) >= 11 is 0. The molecule has 5 N–H and O–H groups in total. The number of aromatic nitrogens is 2. The monoisotopic (exact) mass is 658 g/mol. The van der Waals surface area contributed by atoms with E-state index in [4.69, 9.17) is 4.74 Å². The number of benzene rings is 2. The number of likely N-dealkylation sites (N-methyl/N-ethyl adjacent to an activating group) is 1. The highest BCUT2D eigenvalue weighted by Crippen LogP contribution is 2.33. The second kappa shape index (κ2) is 15.1. The Morgan fingerprint density at radius 2 is 1.76 bits per heavy atom. The van der Waals surface area contributed by atoms with Crippen molar-refractivity contribution in [3.8, 4) is 5.75 Å². The zero-order chi connectivity index (χ0) is 32.9. The zero-order valence-corrected chi connectivity index (χ0v) is 27.4. The fourth-order valence-electron chi connectivity index (χ4n) is 5.01. The van der Waals surface area contributed by atoms with Crippen molar-refractivity contribution in [1.82, 2.24) is 25.5 Å². The number of hydrogen-bond donors (Lipinski definition) is 5. The minimum atomic E-state index is -0.856. The Labute approximate surface area is 272 Å². The summed E-state index contributed by atoms with van der Waals surface area (Å²) in [5.41, 5.74) is 0.0554. The smallest absolute Gasteiger partial charge is 0.324 e. The van der Waals surface area contributed by atoms with E-state index in [1.807, 2.05) is 20.8 Å². The molecule has 2 heterocycles. The van der Waals surface area contributed by atoms with Crippen molar-refractivity contribution < 1.29 is 28.3 Å². The molecule has 3 atom stereocenters. The lowest BCUT2D eigenvalue weighted by Gasteiger charge is -2.36. The summed E-state index contributed by atoms with van der Waals surface area (Å²) in [6.45, 7) is 7.62. The minimum absolute atomic E-state index is 0. The first kappa shape index (κ1) is 35.9. The molecule has 0 aliphatic carbocycles. The molecule has 46 heavy (non-hydrogen) atoms. The molecule has 0 saturated carbocycles. The first-order chi connectivity index (χ1) is 21.3. The maximum absolute atomic E-state index is 14.0. The van der Waals surface area contributed by atoms with Gasteiger partial charge in [-0.1, -0.05) is 32.9 Å². The minimum Gasteiger partial charge on any atom is -0.494 e. The van der Waals surface area contributed by atoms with Crippen LogP contribution in [0.2, 0.25) is 0 Å². The summed E-state index contributed by atoms with van der Waals surface area (Å²) < 4.78 is 19.6. The predicted octanol–water partition coefficient (Wildman–Crippen LogP) is 3.91. The first-order valence-corrected chi connectivity index (χ1v) is 14.6. The number of ether oxygens (including phenoxy) is 1. The van der Waals surface area contributed by atoms with Gasteiger partial charge in [0.25, 0.3) is 0 Å². The van der Waals surface area contributed by atoms with Crippen LogP contribution in [0.1, 0.15) is 40.5 Å². The van der Waals surface area contributed by atoms with Crippen molar-refractivity contribution in [1.29, 1.82) is 0 Å². The number of hydrogen-bond acceptors (Lipinski definition) is 8. The van der Waals surface area contributed by atoms with Crippen molar-refractivity contribution in [3.05, 3.63) is 48.5 Å². The molecule has 3 aromatic rings. The normalized spacial score (nSPS) is 15.7. The van der Waals surface area contributed by atoms with Crippen LogP contribution in [0.25, 0.3) is 10.9 Å². The zero-order valence-electron chi connectivity index (χ0n) is 26.6. The van der Waals surface area contributed by atoms with Gasteiger partial charge >= 0.3 is 6.03 Å².